The fourth-order valence-electron chi connectivity index (χ4n) is 6.20. The second kappa shape index (κ2) is 43.6. The van der Waals surface area contributed by atoms with Crippen molar-refractivity contribution in [2.45, 2.75) is 220 Å². The predicted molar refractivity (Wildman–Crippen MR) is 224 cm³/mol. The molecule has 2 atom stereocenters. The van der Waals surface area contributed by atoms with Crippen LogP contribution in [0, 0.1) is 11.8 Å². The largest absolute Gasteiger partial charge is 2.00 e. The molecule has 0 aromatic carbocycles. The van der Waals surface area contributed by atoms with Gasteiger partial charge in [0.05, 0.1) is 13.2 Å². The van der Waals surface area contributed by atoms with Gasteiger partial charge in [0.25, 0.3) is 0 Å². The summed E-state index contributed by atoms with van der Waals surface area (Å²) in [6.07, 6.45) is 44.6. The van der Waals surface area contributed by atoms with Crippen molar-refractivity contribution >= 4 is 58.5 Å². The standard InChI is InChI=1S/2C21H42O4S.Ca/c2*1-3-5-7-9-11-13-15-17-19-21(20-25-26(22,23)24)18-16-14-12-10-8-6-4-2;/h2*17,19,21H,3-16,18,20H2,1-2H3,(H,22,23,24);/q;;+2/p-2/b2*19-17+;. The van der Waals surface area contributed by atoms with E-state index in [0.717, 1.165) is 51.4 Å². The molecule has 0 amide bonds. The van der Waals surface area contributed by atoms with E-state index < -0.39 is 20.8 Å². The third-order valence-corrected chi connectivity index (χ3v) is 10.3. The third-order valence-electron chi connectivity index (χ3n) is 9.48. The molecule has 0 rings (SSSR count). The van der Waals surface area contributed by atoms with Crippen LogP contribution in [0.4, 0.5) is 0 Å². The Kier molecular flexibility index (Phi) is 47.5. The van der Waals surface area contributed by atoms with Crippen molar-refractivity contribution in [3.63, 3.8) is 0 Å². The second-order valence-corrected chi connectivity index (χ2v) is 16.8. The quantitative estimate of drug-likeness (QED) is 0.0198. The molecular formula is C42H82CaO8S2. The van der Waals surface area contributed by atoms with Crippen molar-refractivity contribution in [2.75, 3.05) is 13.2 Å². The van der Waals surface area contributed by atoms with Gasteiger partial charge in [0.2, 0.25) is 20.8 Å². The van der Waals surface area contributed by atoms with Gasteiger partial charge in [0, 0.05) is 11.8 Å². The van der Waals surface area contributed by atoms with Crippen LogP contribution in [0.5, 0.6) is 0 Å². The summed E-state index contributed by atoms with van der Waals surface area (Å²) >= 11 is 0. The topological polar surface area (TPSA) is 133 Å². The maximum absolute atomic E-state index is 10.7. The summed E-state index contributed by atoms with van der Waals surface area (Å²) in [6, 6.07) is 0. The summed E-state index contributed by atoms with van der Waals surface area (Å²) in [5, 5.41) is 0. The van der Waals surface area contributed by atoms with Crippen LogP contribution in [0.25, 0.3) is 0 Å². The summed E-state index contributed by atoms with van der Waals surface area (Å²) in [4.78, 5) is 0. The van der Waals surface area contributed by atoms with E-state index in [9.17, 15) is 25.9 Å². The first-order chi connectivity index (χ1) is 25.0. The van der Waals surface area contributed by atoms with E-state index in [4.69, 9.17) is 0 Å². The van der Waals surface area contributed by atoms with Crippen molar-refractivity contribution in [1.82, 2.24) is 0 Å². The Hall–Kier alpha value is 0.480. The first-order valence-electron chi connectivity index (χ1n) is 21.5. The average molecular weight is 819 g/mol. The molecule has 0 saturated heterocycles. The number of rotatable bonds is 38. The summed E-state index contributed by atoms with van der Waals surface area (Å²) in [7, 11) is -9.19. The number of allylic oxidation sites excluding steroid dienone is 2. The second-order valence-electron chi connectivity index (χ2n) is 14.7. The Morgan fingerprint density at radius 3 is 0.925 bits per heavy atom. The van der Waals surface area contributed by atoms with Gasteiger partial charge in [-0.3, -0.25) is 8.37 Å². The van der Waals surface area contributed by atoms with Gasteiger partial charge in [0.15, 0.2) is 0 Å². The average Bonchev–Trinajstić information content (AvgIpc) is 3.09. The molecule has 0 bridgehead atoms. The van der Waals surface area contributed by atoms with E-state index >= 15 is 0 Å². The molecular weight excluding hydrogens is 737 g/mol. The summed E-state index contributed by atoms with van der Waals surface area (Å²) in [6.45, 7) is 8.83. The SMILES string of the molecule is CCCCCCCC/C=C/C(CCCCCCCCC)COS(=O)(=O)[O-].CCCCCCCC/C=C/C(CCCCCCCCC)COS(=O)(=O)[O-].[Ca+2]. The van der Waals surface area contributed by atoms with E-state index in [1.807, 2.05) is 12.2 Å². The summed E-state index contributed by atoms with van der Waals surface area (Å²) in [5.41, 5.74) is 0. The van der Waals surface area contributed by atoms with Crippen LogP contribution in [0.3, 0.4) is 0 Å². The van der Waals surface area contributed by atoms with Gasteiger partial charge in [0.1, 0.15) is 0 Å². The van der Waals surface area contributed by atoms with Crippen LogP contribution in [0.15, 0.2) is 24.3 Å². The van der Waals surface area contributed by atoms with E-state index in [2.05, 4.69) is 48.2 Å². The Morgan fingerprint density at radius 2 is 0.660 bits per heavy atom. The van der Waals surface area contributed by atoms with Crippen molar-refractivity contribution in [3.8, 4) is 0 Å². The van der Waals surface area contributed by atoms with Crippen LogP contribution in [-0.4, -0.2) is 76.9 Å². The molecule has 312 valence electrons. The van der Waals surface area contributed by atoms with Gasteiger partial charge < -0.3 is 9.11 Å². The van der Waals surface area contributed by atoms with Crippen LogP contribution in [0.2, 0.25) is 0 Å². The number of hydrogen-bond donors (Lipinski definition) is 0. The zero-order chi connectivity index (χ0) is 39.0. The maximum atomic E-state index is 10.7. The minimum Gasteiger partial charge on any atom is -0.726 e. The normalized spacial score (nSPS) is 13.2. The molecule has 0 spiro atoms. The van der Waals surface area contributed by atoms with Gasteiger partial charge in [-0.25, -0.2) is 16.8 Å². The minimum absolute atomic E-state index is 0. The number of unbranched alkanes of at least 4 members (excludes halogenated alkanes) is 24. The van der Waals surface area contributed by atoms with E-state index in [-0.39, 0.29) is 62.8 Å². The minimum atomic E-state index is -4.60. The van der Waals surface area contributed by atoms with Gasteiger partial charge >= 0.3 is 37.7 Å². The zero-order valence-electron chi connectivity index (χ0n) is 34.9. The molecule has 0 fully saturated rings. The van der Waals surface area contributed by atoms with E-state index in [1.165, 1.54) is 141 Å². The van der Waals surface area contributed by atoms with Crippen molar-refractivity contribution in [3.05, 3.63) is 24.3 Å². The fraction of sp³-hybridized carbons (Fsp3) is 0.905. The Balaban J connectivity index is -0.000000926. The van der Waals surface area contributed by atoms with Crippen LogP contribution >= 0.6 is 0 Å². The molecule has 0 heterocycles. The van der Waals surface area contributed by atoms with Crippen molar-refractivity contribution in [1.29, 1.82) is 0 Å². The van der Waals surface area contributed by atoms with E-state index in [1.54, 1.807) is 0 Å². The Bertz CT molecular complexity index is 923. The molecule has 2 unspecified atom stereocenters. The van der Waals surface area contributed by atoms with Crippen molar-refractivity contribution < 1.29 is 34.3 Å². The zero-order valence-corrected chi connectivity index (χ0v) is 38.7. The molecule has 53 heavy (non-hydrogen) atoms. The van der Waals surface area contributed by atoms with Gasteiger partial charge in [-0.15, -0.1) is 0 Å². The molecule has 0 aliphatic carbocycles. The van der Waals surface area contributed by atoms with Gasteiger partial charge in [-0.05, 0) is 38.5 Å². The Morgan fingerprint density at radius 1 is 0.415 bits per heavy atom. The molecule has 0 aliphatic rings. The first kappa shape index (κ1) is 57.8. The Labute approximate surface area is 359 Å². The predicted octanol–water partition coefficient (Wildman–Crippen LogP) is 12.7. The maximum Gasteiger partial charge on any atom is 2.00 e. The molecule has 8 nitrogen and oxygen atoms in total. The van der Waals surface area contributed by atoms with Crippen LogP contribution < -0.4 is 0 Å². The molecule has 0 aliphatic heterocycles. The molecule has 11 heteroatoms. The monoisotopic (exact) mass is 819 g/mol. The fourth-order valence-corrected chi connectivity index (χ4v) is 6.88. The smallest absolute Gasteiger partial charge is 0.726 e. The molecule has 0 aromatic heterocycles. The van der Waals surface area contributed by atoms with Gasteiger partial charge in [-0.2, -0.15) is 0 Å². The first-order valence-corrected chi connectivity index (χ1v) is 24.2. The molecule has 0 aromatic rings. The molecule has 0 saturated carbocycles. The molecule has 0 radical (unpaired) electrons. The summed E-state index contributed by atoms with van der Waals surface area (Å²) in [5.74, 6) is 0.0453. The molecule has 0 N–H and O–H groups in total. The summed E-state index contributed by atoms with van der Waals surface area (Å²) < 4.78 is 73.3. The van der Waals surface area contributed by atoms with Crippen molar-refractivity contribution in [2.24, 2.45) is 11.8 Å². The van der Waals surface area contributed by atoms with E-state index in [0.29, 0.717) is 0 Å². The number of hydrogen-bond acceptors (Lipinski definition) is 8. The van der Waals surface area contributed by atoms with Gasteiger partial charge in [-0.1, -0.05) is 206 Å². The van der Waals surface area contributed by atoms with Crippen LogP contribution in [0.1, 0.15) is 220 Å². The van der Waals surface area contributed by atoms with Crippen LogP contribution in [-0.2, 0) is 29.2 Å². The third kappa shape index (κ3) is 52.5.